The summed E-state index contributed by atoms with van der Waals surface area (Å²) in [5.41, 5.74) is 12.8. The van der Waals surface area contributed by atoms with Gasteiger partial charge < -0.3 is 77.6 Å². The standard InChI is InChI=1S/3C23H25FN2O3.C15H14FN.C11H17NO4.C7H13NO2.CH3FS/c3*1-25-12-19-20(13-25)28-14-21(19)29-23(27)26-11-10-15-4-2-3-5-18(15)22(26)16-6-8-17(24)9-7-16;16-13-7-5-12(6-8-13)15-14-4-2-1-3-11(14)9-10-17-15;1-11(2,3)16-10(14)12-4-7-8(13)6-15-9(7)5-12;1-8-2-5-6(9)4-10-7(5)3-8;1-3-2/h3*2-9,19-22H,10-14H2,1H3;1-8,15,17H,9-10H2;7,9H,4-6H2,1-3H3;5-7,9H,2-4H2,1H3;1H3/t2*19-,20+,21+,22-;19-,20+,21-,22+;15-;7-,9-;5-,6?,7-;/m001011./s1. The third kappa shape index (κ3) is 22.9. The number of benzene rings is 8. The minimum Gasteiger partial charge on any atom is -0.444 e. The Morgan fingerprint density at radius 3 is 1.08 bits per heavy atom. The number of amides is 4. The Morgan fingerprint density at radius 2 is 0.722 bits per heavy atom. The van der Waals surface area contributed by atoms with Gasteiger partial charge in [-0.1, -0.05) is 146 Å². The summed E-state index contributed by atoms with van der Waals surface area (Å²) in [5.74, 6) is -0.0308. The zero-order chi connectivity index (χ0) is 93.3. The predicted molar refractivity (Wildman–Crippen MR) is 492 cm³/mol. The van der Waals surface area contributed by atoms with Gasteiger partial charge in [0.2, 0.25) is 0 Å². The fourth-order valence-corrected chi connectivity index (χ4v) is 21.2. The topological polar surface area (TPSA) is 227 Å². The number of hydrogen-bond donors (Lipinski definition) is 2. The zero-order valence-corrected chi connectivity index (χ0v) is 77.5. The van der Waals surface area contributed by atoms with Gasteiger partial charge in [-0.3, -0.25) is 19.5 Å². The average molecular weight is 1850 g/mol. The molecule has 14 aliphatic heterocycles. The molecule has 0 bridgehead atoms. The largest absolute Gasteiger partial charge is 0.444 e. The molecule has 0 spiro atoms. The zero-order valence-electron chi connectivity index (χ0n) is 76.7. The van der Waals surface area contributed by atoms with E-state index in [0.717, 1.165) is 124 Å². The number of nitrogens with zero attached hydrogens (tertiary/aromatic N) is 8. The number of nitrogens with one attached hydrogen (secondary N) is 1. The molecule has 14 aliphatic rings. The van der Waals surface area contributed by atoms with Crippen LogP contribution in [0.15, 0.2) is 194 Å². The Labute approximate surface area is 779 Å². The summed E-state index contributed by atoms with van der Waals surface area (Å²) >= 11 is 0.250. The van der Waals surface area contributed by atoms with Crippen LogP contribution in [0.5, 0.6) is 0 Å². The molecule has 0 aromatic heterocycles. The molecule has 18 atom stereocenters. The Hall–Kier alpha value is -9.93. The molecule has 8 aromatic carbocycles. The average Bonchev–Trinajstić information content (AvgIpc) is 0.944. The van der Waals surface area contributed by atoms with Gasteiger partial charge in [0.15, 0.2) is 5.78 Å². The van der Waals surface area contributed by atoms with Crippen molar-refractivity contribution in [1.82, 2.24) is 44.5 Å². The summed E-state index contributed by atoms with van der Waals surface area (Å²) in [6.07, 6.45) is 3.19. The summed E-state index contributed by atoms with van der Waals surface area (Å²) < 4.78 is 115. The van der Waals surface area contributed by atoms with Gasteiger partial charge in [-0.15, -0.1) is 0 Å². The number of carbonyl (C=O) groups is 5. The van der Waals surface area contributed by atoms with Gasteiger partial charge >= 0.3 is 24.4 Å². The molecule has 14 heterocycles. The van der Waals surface area contributed by atoms with Crippen LogP contribution in [0.1, 0.15) is 112 Å². The molecule has 22 rings (SSSR count). The van der Waals surface area contributed by atoms with Crippen LogP contribution in [0.25, 0.3) is 0 Å². The fraction of sp³-hybridized carbons (Fsp3) is 0.485. The van der Waals surface area contributed by atoms with Crippen LogP contribution < -0.4 is 5.32 Å². The minimum absolute atomic E-state index is 0.0936. The molecule has 10 saturated heterocycles. The van der Waals surface area contributed by atoms with Gasteiger partial charge in [-0.2, -0.15) is 3.89 Å². The second kappa shape index (κ2) is 43.4. The molecular formula is C103H122F5N9O15S. The number of ether oxygens (including phenoxy) is 9. The van der Waals surface area contributed by atoms with Gasteiger partial charge in [0.05, 0.1) is 99.7 Å². The lowest BCUT2D eigenvalue weighted by Gasteiger charge is -2.37. The number of carbonyl (C=O) groups excluding carboxylic acids is 5. The molecular weight excluding hydrogens is 1730 g/mol. The highest BCUT2D eigenvalue weighted by molar-refractivity contribution is 7.93. The van der Waals surface area contributed by atoms with Gasteiger partial charge in [-0.05, 0) is 190 Å². The number of Topliss-reactive ketones (excluding diaryl/α,β-unsaturated/α-hetero) is 1. The third-order valence-corrected chi connectivity index (χ3v) is 27.7. The van der Waals surface area contributed by atoms with Crippen LogP contribution >= 0.6 is 12.1 Å². The van der Waals surface area contributed by atoms with E-state index in [2.05, 4.69) is 95.6 Å². The highest BCUT2D eigenvalue weighted by atomic mass is 32.2. The van der Waals surface area contributed by atoms with Crippen molar-refractivity contribution in [2.75, 3.05) is 159 Å². The van der Waals surface area contributed by atoms with E-state index in [0.29, 0.717) is 71.2 Å². The Kier molecular flexibility index (Phi) is 31.4. The SMILES string of the molecule is CC(C)(C)OC(=O)N1C[C@@H]2C(=O)CO[C@@H]2C1.CN1C[C@@H]2C(O)CO[C@@H]2C1.CN1C[C@@H]2[C@H](C1)OC[C@H]2OC(=O)N1CCc2ccccc2[C@@H]1c1ccc(F)cc1.CN1C[C@H]2[C@@H](C1)OC[C@H]2OC(=O)N1CCc2ccccc2[C@@H]1c1ccc(F)cc1.CN1C[C@H]2[C@@H](C1)OC[C@H]2OC(=O)N1CCc2ccccc2[C@@H]1c1ccc(F)cc1.CSF.Fc1ccc([C@@H]2NCCc3ccccc32)cc1. The van der Waals surface area contributed by atoms with Crippen LogP contribution in [0.4, 0.5) is 40.6 Å². The summed E-state index contributed by atoms with van der Waals surface area (Å²) in [4.78, 5) is 78.6. The maximum Gasteiger partial charge on any atom is 0.410 e. The molecule has 2 N–H and O–H groups in total. The second-order valence-electron chi connectivity index (χ2n) is 38.0. The van der Waals surface area contributed by atoms with E-state index in [4.69, 9.17) is 42.6 Å². The summed E-state index contributed by atoms with van der Waals surface area (Å²) in [6.45, 7) is 18.4. The van der Waals surface area contributed by atoms with Crippen molar-refractivity contribution in [2.24, 2.45) is 29.6 Å². The molecule has 24 nitrogen and oxygen atoms in total. The van der Waals surface area contributed by atoms with Crippen molar-refractivity contribution in [3.63, 3.8) is 0 Å². The second-order valence-corrected chi connectivity index (χ2v) is 38.3. The first-order chi connectivity index (χ1) is 64.2. The van der Waals surface area contributed by atoms with E-state index in [1.807, 2.05) is 87.5 Å². The molecule has 0 saturated carbocycles. The minimum atomic E-state index is -0.500. The number of halogens is 5. The highest BCUT2D eigenvalue weighted by Gasteiger charge is 2.51. The molecule has 710 valence electrons. The molecule has 0 radical (unpaired) electrons. The van der Waals surface area contributed by atoms with Crippen LogP contribution in [-0.4, -0.2) is 294 Å². The first-order valence-electron chi connectivity index (χ1n) is 46.3. The van der Waals surface area contributed by atoms with Crippen LogP contribution in [0, 0.1) is 52.9 Å². The Bertz CT molecular complexity index is 4930. The summed E-state index contributed by atoms with van der Waals surface area (Å²) in [7, 11) is 8.25. The summed E-state index contributed by atoms with van der Waals surface area (Å²) in [6, 6.07) is 58.2. The third-order valence-electron chi connectivity index (χ3n) is 27.7. The van der Waals surface area contributed by atoms with E-state index >= 15 is 0 Å². The van der Waals surface area contributed by atoms with E-state index < -0.39 is 5.60 Å². The fourth-order valence-electron chi connectivity index (χ4n) is 21.2. The van der Waals surface area contributed by atoms with Crippen LogP contribution in [0.2, 0.25) is 0 Å². The van der Waals surface area contributed by atoms with Gasteiger partial charge in [-0.25, -0.2) is 36.7 Å². The number of fused-ring (bicyclic) bond motifs is 9. The molecule has 4 amide bonds. The van der Waals surface area contributed by atoms with Crippen LogP contribution in [0.3, 0.4) is 0 Å². The quantitative estimate of drug-likeness (QED) is 0.112. The van der Waals surface area contributed by atoms with Crippen molar-refractivity contribution in [2.45, 2.75) is 131 Å². The van der Waals surface area contributed by atoms with Gasteiger partial charge in [0.25, 0.3) is 0 Å². The number of ketones is 1. The Balaban J connectivity index is 0.000000119. The maximum absolute atomic E-state index is 13.5. The van der Waals surface area contributed by atoms with E-state index in [-0.39, 0.29) is 169 Å². The first kappa shape index (κ1) is 96.2. The smallest absolute Gasteiger partial charge is 0.410 e. The van der Waals surface area contributed by atoms with Crippen molar-refractivity contribution in [3.05, 3.63) is 284 Å². The number of aliphatic hydroxyl groups excluding tert-OH is 1. The summed E-state index contributed by atoms with van der Waals surface area (Å²) in [5, 5.41) is 12.9. The lowest BCUT2D eigenvalue weighted by molar-refractivity contribution is -0.120. The lowest BCUT2D eigenvalue weighted by atomic mass is 9.88. The van der Waals surface area contributed by atoms with Crippen molar-refractivity contribution in [3.8, 4) is 0 Å². The molecule has 10 fully saturated rings. The number of hydrogen-bond acceptors (Lipinski definition) is 21. The molecule has 133 heavy (non-hydrogen) atoms. The van der Waals surface area contributed by atoms with E-state index in [9.17, 15) is 50.5 Å². The molecule has 0 aliphatic carbocycles. The normalized spacial score (nSPS) is 28.5. The Morgan fingerprint density at radius 1 is 0.398 bits per heavy atom. The van der Waals surface area contributed by atoms with Crippen molar-refractivity contribution >= 4 is 42.3 Å². The van der Waals surface area contributed by atoms with Crippen molar-refractivity contribution in [1.29, 1.82) is 0 Å². The number of likely N-dealkylation sites (tertiary alicyclic amines) is 5. The van der Waals surface area contributed by atoms with Gasteiger partial charge in [0.1, 0.15) is 53.8 Å². The van der Waals surface area contributed by atoms with E-state index in [1.54, 1.807) is 56.0 Å². The molecule has 30 heteroatoms. The lowest BCUT2D eigenvalue weighted by Crippen LogP contribution is -2.43. The highest BCUT2D eigenvalue weighted by Crippen LogP contribution is 2.43. The molecule has 8 aromatic rings. The van der Waals surface area contributed by atoms with Crippen molar-refractivity contribution < 1.29 is 93.2 Å². The first-order valence-corrected chi connectivity index (χ1v) is 47.5. The predicted octanol–water partition coefficient (Wildman–Crippen LogP) is 14.1. The molecule has 1 unspecified atom stereocenters. The van der Waals surface area contributed by atoms with Crippen LogP contribution in [-0.2, 0) is 73.1 Å². The van der Waals surface area contributed by atoms with E-state index in [1.165, 1.54) is 82.6 Å². The number of likely N-dealkylation sites (N-methyl/N-ethyl adjacent to an activating group) is 4. The monoisotopic (exact) mass is 1850 g/mol. The number of aliphatic hydroxyl groups is 1. The van der Waals surface area contributed by atoms with Gasteiger partial charge in [0, 0.05) is 127 Å². The number of rotatable bonds is 7. The maximum atomic E-state index is 13.5.